The highest BCUT2D eigenvalue weighted by molar-refractivity contribution is 7.89. The minimum Gasteiger partial charge on any atom is -0.351 e. The van der Waals surface area contributed by atoms with Crippen LogP contribution in [0.2, 0.25) is 5.02 Å². The Bertz CT molecular complexity index is 636. The Kier molecular flexibility index (Phi) is 6.06. The molecule has 0 saturated heterocycles. The molecule has 9 heteroatoms. The van der Waals surface area contributed by atoms with Gasteiger partial charge in [-0.05, 0) is 26.0 Å². The lowest BCUT2D eigenvalue weighted by Crippen LogP contribution is -2.37. The van der Waals surface area contributed by atoms with Crippen LogP contribution in [0.15, 0.2) is 12.1 Å². The van der Waals surface area contributed by atoms with E-state index in [9.17, 15) is 22.0 Å². The molecule has 0 bridgehead atoms. The van der Waals surface area contributed by atoms with Gasteiger partial charge in [-0.2, -0.15) is 0 Å². The largest absolute Gasteiger partial charge is 0.351 e. The lowest BCUT2D eigenvalue weighted by Gasteiger charge is -2.10. The molecule has 21 heavy (non-hydrogen) atoms. The zero-order chi connectivity index (χ0) is 16.2. The quantitative estimate of drug-likeness (QED) is 0.774. The maximum atomic E-state index is 13.1. The maximum Gasteiger partial charge on any atom is 0.252 e. The highest BCUT2D eigenvalue weighted by Gasteiger charge is 2.16. The molecule has 1 aromatic carbocycles. The number of carbonyl (C=O) groups is 1. The van der Waals surface area contributed by atoms with E-state index in [1.807, 2.05) is 0 Å². The average Bonchev–Trinajstić information content (AvgIpc) is 2.31. The Morgan fingerprint density at radius 2 is 1.86 bits per heavy atom. The van der Waals surface area contributed by atoms with E-state index in [4.69, 9.17) is 11.6 Å². The van der Waals surface area contributed by atoms with Crippen molar-refractivity contribution >= 4 is 27.5 Å². The second-order valence-electron chi connectivity index (χ2n) is 4.59. The van der Waals surface area contributed by atoms with Crippen molar-refractivity contribution in [3.8, 4) is 0 Å². The topological polar surface area (TPSA) is 75.3 Å². The van der Waals surface area contributed by atoms with Crippen LogP contribution in [0.5, 0.6) is 0 Å². The van der Waals surface area contributed by atoms with Crippen molar-refractivity contribution in [1.82, 2.24) is 10.0 Å². The second-order valence-corrected chi connectivity index (χ2v) is 6.87. The zero-order valence-electron chi connectivity index (χ0n) is 11.4. The summed E-state index contributed by atoms with van der Waals surface area (Å²) in [5, 5.41) is 2.03. The third-order valence-electron chi connectivity index (χ3n) is 2.33. The first-order chi connectivity index (χ1) is 9.62. The summed E-state index contributed by atoms with van der Waals surface area (Å²) in [6.07, 6.45) is 0. The van der Waals surface area contributed by atoms with E-state index in [1.54, 1.807) is 13.8 Å². The molecule has 0 aliphatic carbocycles. The number of carbonyl (C=O) groups excluding carboxylic acids is 1. The van der Waals surface area contributed by atoms with Crippen molar-refractivity contribution in [2.24, 2.45) is 0 Å². The smallest absolute Gasteiger partial charge is 0.252 e. The zero-order valence-corrected chi connectivity index (χ0v) is 13.0. The van der Waals surface area contributed by atoms with Gasteiger partial charge in [-0.25, -0.2) is 21.9 Å². The van der Waals surface area contributed by atoms with Gasteiger partial charge in [-0.15, -0.1) is 0 Å². The van der Waals surface area contributed by atoms with Crippen LogP contribution in [-0.2, 0) is 10.0 Å². The fraction of sp³-hybridized carbons (Fsp3) is 0.417. The van der Waals surface area contributed by atoms with Crippen LogP contribution < -0.4 is 10.0 Å². The first-order valence-electron chi connectivity index (χ1n) is 6.05. The number of nitrogens with one attached hydrogen (secondary N) is 2. The van der Waals surface area contributed by atoms with E-state index in [0.717, 1.165) is 0 Å². The van der Waals surface area contributed by atoms with Crippen LogP contribution in [0.4, 0.5) is 8.78 Å². The summed E-state index contributed by atoms with van der Waals surface area (Å²) in [5.41, 5.74) is -0.259. The van der Waals surface area contributed by atoms with Gasteiger partial charge in [0.25, 0.3) is 5.91 Å². The van der Waals surface area contributed by atoms with Crippen molar-refractivity contribution in [1.29, 1.82) is 0 Å². The molecule has 1 amide bonds. The van der Waals surface area contributed by atoms with E-state index in [2.05, 4.69) is 10.0 Å². The van der Waals surface area contributed by atoms with E-state index in [0.29, 0.717) is 12.1 Å². The minimum absolute atomic E-state index is 0.184. The van der Waals surface area contributed by atoms with Crippen molar-refractivity contribution in [2.75, 3.05) is 12.3 Å². The fourth-order valence-electron chi connectivity index (χ4n) is 1.51. The molecule has 1 aromatic rings. The number of rotatable bonds is 6. The van der Waals surface area contributed by atoms with Crippen LogP contribution >= 0.6 is 11.6 Å². The lowest BCUT2D eigenvalue weighted by molar-refractivity contribution is 0.0955. The molecule has 0 saturated carbocycles. The van der Waals surface area contributed by atoms with Gasteiger partial charge in [0.05, 0.1) is 16.3 Å². The molecule has 0 atom stereocenters. The molecule has 0 aliphatic rings. The second kappa shape index (κ2) is 7.15. The average molecular weight is 341 g/mol. The molecular formula is C12H15ClF2N2O3S. The number of halogens is 3. The summed E-state index contributed by atoms with van der Waals surface area (Å²) < 4.78 is 51.3. The van der Waals surface area contributed by atoms with E-state index in [-0.39, 0.29) is 28.9 Å². The molecule has 0 spiro atoms. The number of benzene rings is 1. The molecule has 0 fully saturated rings. The number of amides is 1. The molecule has 0 aromatic heterocycles. The number of hydrogen-bond acceptors (Lipinski definition) is 3. The standard InChI is InChI=1S/C12H15ClF2N2O3S/c1-7(2)17-21(19,20)4-3-16-12(18)8-5-10(14)11(15)6-9(8)13/h5-7,17H,3-4H2,1-2H3,(H,16,18). The first-order valence-corrected chi connectivity index (χ1v) is 8.08. The Balaban J connectivity index is 2.65. The molecule has 118 valence electrons. The van der Waals surface area contributed by atoms with Gasteiger partial charge in [0, 0.05) is 12.6 Å². The SMILES string of the molecule is CC(C)NS(=O)(=O)CCNC(=O)c1cc(F)c(F)cc1Cl. The molecule has 0 unspecified atom stereocenters. The predicted octanol–water partition coefficient (Wildman–Crippen LogP) is 1.68. The van der Waals surface area contributed by atoms with Gasteiger partial charge in [-0.1, -0.05) is 11.6 Å². The number of hydrogen-bond donors (Lipinski definition) is 2. The highest BCUT2D eigenvalue weighted by Crippen LogP contribution is 2.19. The van der Waals surface area contributed by atoms with Crippen LogP contribution in [0.3, 0.4) is 0 Å². The summed E-state index contributed by atoms with van der Waals surface area (Å²) in [6.45, 7) is 3.14. The summed E-state index contributed by atoms with van der Waals surface area (Å²) in [4.78, 5) is 11.7. The first kappa shape index (κ1) is 17.8. The summed E-state index contributed by atoms with van der Waals surface area (Å²) in [5.74, 6) is -3.49. The fourth-order valence-corrected chi connectivity index (χ4v) is 2.95. The van der Waals surface area contributed by atoms with Gasteiger partial charge in [0.1, 0.15) is 0 Å². The normalized spacial score (nSPS) is 11.7. The van der Waals surface area contributed by atoms with E-state index < -0.39 is 27.6 Å². The Labute approximate surface area is 126 Å². The predicted molar refractivity (Wildman–Crippen MR) is 75.8 cm³/mol. The highest BCUT2D eigenvalue weighted by atomic mass is 35.5. The molecule has 5 nitrogen and oxygen atoms in total. The third kappa shape index (κ3) is 5.56. The molecule has 0 radical (unpaired) electrons. The maximum absolute atomic E-state index is 13.1. The van der Waals surface area contributed by atoms with Gasteiger partial charge >= 0.3 is 0 Å². The minimum atomic E-state index is -3.52. The van der Waals surface area contributed by atoms with Crippen molar-refractivity contribution in [3.05, 3.63) is 34.4 Å². The Morgan fingerprint density at radius 1 is 1.29 bits per heavy atom. The van der Waals surface area contributed by atoms with Crippen LogP contribution in [0.1, 0.15) is 24.2 Å². The van der Waals surface area contributed by atoms with Crippen molar-refractivity contribution < 1.29 is 22.0 Å². The van der Waals surface area contributed by atoms with Crippen LogP contribution in [0.25, 0.3) is 0 Å². The van der Waals surface area contributed by atoms with Gasteiger partial charge in [0.15, 0.2) is 11.6 Å². The molecule has 0 aliphatic heterocycles. The Hall–Kier alpha value is -1.25. The van der Waals surface area contributed by atoms with Gasteiger partial charge < -0.3 is 5.32 Å². The van der Waals surface area contributed by atoms with Gasteiger partial charge in [0.2, 0.25) is 10.0 Å². The third-order valence-corrected chi connectivity index (χ3v) is 4.21. The van der Waals surface area contributed by atoms with E-state index >= 15 is 0 Å². The van der Waals surface area contributed by atoms with Crippen LogP contribution in [0, 0.1) is 11.6 Å². The molecule has 1 rings (SSSR count). The molecule has 0 heterocycles. The van der Waals surface area contributed by atoms with E-state index in [1.165, 1.54) is 0 Å². The van der Waals surface area contributed by atoms with Gasteiger partial charge in [-0.3, -0.25) is 4.79 Å². The van der Waals surface area contributed by atoms with Crippen molar-refractivity contribution in [2.45, 2.75) is 19.9 Å². The summed E-state index contributed by atoms with van der Waals surface area (Å²) in [7, 11) is -3.52. The summed E-state index contributed by atoms with van der Waals surface area (Å²) in [6, 6.07) is 1.09. The van der Waals surface area contributed by atoms with Crippen LogP contribution in [-0.4, -0.2) is 32.7 Å². The van der Waals surface area contributed by atoms with Crippen molar-refractivity contribution in [3.63, 3.8) is 0 Å². The molecular weight excluding hydrogens is 326 g/mol. The lowest BCUT2D eigenvalue weighted by atomic mass is 10.2. The summed E-state index contributed by atoms with van der Waals surface area (Å²) >= 11 is 5.64. The Morgan fingerprint density at radius 3 is 2.43 bits per heavy atom. The number of sulfonamides is 1. The molecule has 2 N–H and O–H groups in total. The monoisotopic (exact) mass is 340 g/mol.